The van der Waals surface area contributed by atoms with E-state index >= 15 is 0 Å². The molecule has 19 heavy (non-hydrogen) atoms. The van der Waals surface area contributed by atoms with Gasteiger partial charge in [0.15, 0.2) is 5.78 Å². The molecule has 3 nitrogen and oxygen atoms in total. The van der Waals surface area contributed by atoms with E-state index in [1.807, 2.05) is 12.1 Å². The number of hydrogen-bond acceptors (Lipinski definition) is 3. The van der Waals surface area contributed by atoms with E-state index in [1.165, 1.54) is 11.6 Å². The van der Waals surface area contributed by atoms with Gasteiger partial charge in [0.1, 0.15) is 5.03 Å². The van der Waals surface area contributed by atoms with E-state index in [1.54, 1.807) is 6.07 Å². The number of Topliss-reactive ketones (excluding diaryl/α,β-unsaturated/α-hetero) is 2. The predicted molar refractivity (Wildman–Crippen MR) is 70.2 cm³/mol. The molecule has 0 aromatic heterocycles. The van der Waals surface area contributed by atoms with Crippen molar-refractivity contribution in [3.05, 3.63) is 57.6 Å². The number of rotatable bonds is 2. The minimum absolute atomic E-state index is 0.0885. The Hall–Kier alpha value is -2.00. The van der Waals surface area contributed by atoms with Gasteiger partial charge in [0.2, 0.25) is 11.6 Å². The highest BCUT2D eigenvalue weighted by Crippen LogP contribution is 2.27. The van der Waals surface area contributed by atoms with Crippen LogP contribution >= 0.6 is 11.6 Å². The molecule has 0 radical (unpaired) electrons. The highest BCUT2D eigenvalue weighted by atomic mass is 35.5. The molecule has 0 unspecified atom stereocenters. The Balaban J connectivity index is 2.00. The summed E-state index contributed by atoms with van der Waals surface area (Å²) in [5, 5.41) is -0.291. The van der Waals surface area contributed by atoms with Crippen LogP contribution in [0, 0.1) is 0 Å². The topological polar surface area (TPSA) is 51.2 Å². The summed E-state index contributed by atoms with van der Waals surface area (Å²) in [4.78, 5) is 34.9. The van der Waals surface area contributed by atoms with Crippen LogP contribution < -0.4 is 0 Å². The summed E-state index contributed by atoms with van der Waals surface area (Å²) >= 11 is 5.79. The molecule has 0 fully saturated rings. The molecular weight excluding hydrogens is 264 g/mol. The molecule has 3 rings (SSSR count). The molecule has 94 valence electrons. The number of benzene rings is 1. The molecular formula is C15H9ClO3. The fourth-order valence-corrected chi connectivity index (χ4v) is 2.45. The summed E-state index contributed by atoms with van der Waals surface area (Å²) in [6, 6.07) is 5.47. The summed E-state index contributed by atoms with van der Waals surface area (Å²) in [6.07, 6.45) is 4.41. The zero-order chi connectivity index (χ0) is 13.6. The van der Waals surface area contributed by atoms with Crippen LogP contribution in [0.3, 0.4) is 0 Å². The molecule has 2 aliphatic carbocycles. The van der Waals surface area contributed by atoms with Crippen molar-refractivity contribution in [3.63, 3.8) is 0 Å². The molecule has 0 spiro atoms. The Morgan fingerprint density at radius 1 is 1.05 bits per heavy atom. The smallest absolute Gasteiger partial charge is 0.244 e. The lowest BCUT2D eigenvalue weighted by atomic mass is 9.85. The molecule has 0 heterocycles. The molecule has 0 aliphatic heterocycles. The molecule has 0 bridgehead atoms. The van der Waals surface area contributed by atoms with Gasteiger partial charge in [-0.3, -0.25) is 14.4 Å². The Morgan fingerprint density at radius 3 is 2.42 bits per heavy atom. The largest absolute Gasteiger partial charge is 0.289 e. The van der Waals surface area contributed by atoms with E-state index in [4.69, 9.17) is 11.6 Å². The SMILES string of the molecule is O=C1C=CC(C(=O)c2ccc3c(c2)CC3)=C(Cl)C1=O. The first-order valence-electron chi connectivity index (χ1n) is 5.91. The molecule has 0 saturated heterocycles. The third kappa shape index (κ3) is 1.87. The predicted octanol–water partition coefficient (Wildman–Crippen LogP) is 2.17. The zero-order valence-electron chi connectivity index (χ0n) is 9.90. The van der Waals surface area contributed by atoms with Crippen molar-refractivity contribution in [2.75, 3.05) is 0 Å². The Bertz CT molecular complexity index is 695. The average molecular weight is 273 g/mol. The second-order valence-corrected chi connectivity index (χ2v) is 4.94. The maximum absolute atomic E-state index is 12.3. The van der Waals surface area contributed by atoms with Gasteiger partial charge in [0, 0.05) is 11.1 Å². The number of carbonyl (C=O) groups excluding carboxylic acids is 3. The first kappa shape index (κ1) is 12.1. The highest BCUT2D eigenvalue weighted by Gasteiger charge is 2.27. The number of ketones is 3. The second kappa shape index (κ2) is 4.28. The standard InChI is InChI=1S/C15H9ClO3/c16-13-11(5-6-12(17)15(13)19)14(18)10-4-2-8-1-3-9(8)7-10/h2,4-7H,1,3H2. The summed E-state index contributed by atoms with van der Waals surface area (Å²) in [5.41, 5.74) is 3.00. The van der Waals surface area contributed by atoms with Gasteiger partial charge in [-0.15, -0.1) is 0 Å². The van der Waals surface area contributed by atoms with Gasteiger partial charge >= 0.3 is 0 Å². The van der Waals surface area contributed by atoms with Gasteiger partial charge in [-0.05, 0) is 42.2 Å². The third-order valence-electron chi connectivity index (χ3n) is 3.44. The van der Waals surface area contributed by atoms with Crippen molar-refractivity contribution in [3.8, 4) is 0 Å². The molecule has 0 saturated carbocycles. The average Bonchev–Trinajstić information content (AvgIpc) is 2.37. The van der Waals surface area contributed by atoms with Gasteiger partial charge in [-0.1, -0.05) is 23.7 Å². The van der Waals surface area contributed by atoms with E-state index in [2.05, 4.69) is 0 Å². The lowest BCUT2D eigenvalue weighted by Crippen LogP contribution is -2.19. The van der Waals surface area contributed by atoms with E-state index in [0.29, 0.717) is 5.56 Å². The van der Waals surface area contributed by atoms with E-state index in [9.17, 15) is 14.4 Å². The van der Waals surface area contributed by atoms with Gasteiger partial charge in [-0.2, -0.15) is 0 Å². The molecule has 1 aromatic carbocycles. The molecule has 4 heteroatoms. The second-order valence-electron chi connectivity index (χ2n) is 4.57. The fraction of sp³-hybridized carbons (Fsp3) is 0.133. The van der Waals surface area contributed by atoms with Crippen LogP contribution in [0.4, 0.5) is 0 Å². The monoisotopic (exact) mass is 272 g/mol. The van der Waals surface area contributed by atoms with Crippen LogP contribution in [0.1, 0.15) is 21.5 Å². The van der Waals surface area contributed by atoms with E-state index in [-0.39, 0.29) is 16.4 Å². The van der Waals surface area contributed by atoms with Gasteiger partial charge in [0.05, 0.1) is 0 Å². The van der Waals surface area contributed by atoms with Gasteiger partial charge in [0.25, 0.3) is 0 Å². The summed E-state index contributed by atoms with van der Waals surface area (Å²) in [7, 11) is 0. The number of aryl methyl sites for hydroxylation is 2. The molecule has 0 N–H and O–H groups in total. The zero-order valence-corrected chi connectivity index (χ0v) is 10.7. The number of allylic oxidation sites excluding steroid dienone is 4. The number of fused-ring (bicyclic) bond motifs is 1. The van der Waals surface area contributed by atoms with Crippen LogP contribution in [-0.4, -0.2) is 17.3 Å². The quantitative estimate of drug-likeness (QED) is 0.471. The van der Waals surface area contributed by atoms with Crippen LogP contribution in [0.2, 0.25) is 0 Å². The first-order chi connectivity index (χ1) is 9.08. The lowest BCUT2D eigenvalue weighted by molar-refractivity contribution is -0.131. The fourth-order valence-electron chi connectivity index (χ4n) is 2.21. The van der Waals surface area contributed by atoms with Crippen LogP contribution in [-0.2, 0) is 22.4 Å². The van der Waals surface area contributed by atoms with Crippen molar-refractivity contribution in [2.24, 2.45) is 0 Å². The Labute approximate surface area is 114 Å². The number of hydrogen-bond donors (Lipinski definition) is 0. The molecule has 1 aromatic rings. The van der Waals surface area contributed by atoms with Crippen molar-refractivity contribution in [1.82, 2.24) is 0 Å². The van der Waals surface area contributed by atoms with Crippen molar-refractivity contribution in [1.29, 1.82) is 0 Å². The van der Waals surface area contributed by atoms with Crippen LogP contribution in [0.25, 0.3) is 0 Å². The van der Waals surface area contributed by atoms with Crippen molar-refractivity contribution < 1.29 is 14.4 Å². The summed E-state index contributed by atoms with van der Waals surface area (Å²) < 4.78 is 0. The minimum atomic E-state index is -0.823. The van der Waals surface area contributed by atoms with Crippen LogP contribution in [0.15, 0.2) is 41.0 Å². The Kier molecular flexibility index (Phi) is 2.72. The number of carbonyl (C=O) groups is 3. The van der Waals surface area contributed by atoms with Gasteiger partial charge in [-0.25, -0.2) is 0 Å². The normalized spacial score (nSPS) is 17.3. The minimum Gasteiger partial charge on any atom is -0.289 e. The summed E-state index contributed by atoms with van der Waals surface area (Å²) in [5.74, 6) is -1.84. The Morgan fingerprint density at radius 2 is 1.79 bits per heavy atom. The molecule has 2 aliphatic rings. The maximum atomic E-state index is 12.3. The van der Waals surface area contributed by atoms with Crippen LogP contribution in [0.5, 0.6) is 0 Å². The van der Waals surface area contributed by atoms with Gasteiger partial charge < -0.3 is 0 Å². The molecule has 0 atom stereocenters. The number of halogens is 1. The third-order valence-corrected chi connectivity index (χ3v) is 3.81. The van der Waals surface area contributed by atoms with Crippen molar-refractivity contribution >= 4 is 29.0 Å². The van der Waals surface area contributed by atoms with Crippen molar-refractivity contribution in [2.45, 2.75) is 12.8 Å². The highest BCUT2D eigenvalue weighted by molar-refractivity contribution is 6.62. The first-order valence-corrected chi connectivity index (χ1v) is 6.29. The molecule has 0 amide bonds. The lowest BCUT2D eigenvalue weighted by Gasteiger charge is -2.19. The van der Waals surface area contributed by atoms with E-state index in [0.717, 1.165) is 24.5 Å². The summed E-state index contributed by atoms with van der Waals surface area (Å²) in [6.45, 7) is 0. The maximum Gasteiger partial charge on any atom is 0.244 e. The van der Waals surface area contributed by atoms with E-state index < -0.39 is 11.6 Å².